The molecule has 1 N–H and O–H groups in total. The van der Waals surface area contributed by atoms with E-state index in [1.165, 1.54) is 12.1 Å². The standard InChI is InChI=1S/C23H32N4O4S/c1-16-13-23(5,6)27(14-16)20-17(9-8-12-24-20)21(28)26-32(29,30)19-11-7-10-18(25-19)31-15-22(2,3)4/h7-12,16H,13-15H2,1-6H3,(H,26,28)/t16-/m0/s1. The van der Waals surface area contributed by atoms with Crippen molar-refractivity contribution in [3.05, 3.63) is 42.1 Å². The van der Waals surface area contributed by atoms with E-state index in [-0.39, 0.29) is 27.4 Å². The third-order valence-electron chi connectivity index (χ3n) is 5.21. The number of rotatable bonds is 6. The first-order valence-corrected chi connectivity index (χ1v) is 12.2. The maximum atomic E-state index is 13.0. The maximum Gasteiger partial charge on any atom is 0.281 e. The molecule has 1 amide bonds. The summed E-state index contributed by atoms with van der Waals surface area (Å²) in [5, 5.41) is -0.280. The summed E-state index contributed by atoms with van der Waals surface area (Å²) in [7, 11) is -4.20. The second-order valence-corrected chi connectivity index (χ2v) is 11.8. The lowest BCUT2D eigenvalue weighted by Gasteiger charge is -2.33. The second-order valence-electron chi connectivity index (χ2n) is 10.2. The molecule has 1 aliphatic heterocycles. The fraction of sp³-hybridized carbons (Fsp3) is 0.522. The van der Waals surface area contributed by atoms with Gasteiger partial charge in [0.1, 0.15) is 5.82 Å². The average molecular weight is 461 g/mol. The molecule has 32 heavy (non-hydrogen) atoms. The van der Waals surface area contributed by atoms with Gasteiger partial charge >= 0.3 is 0 Å². The van der Waals surface area contributed by atoms with Crippen molar-refractivity contribution < 1.29 is 17.9 Å². The van der Waals surface area contributed by atoms with Gasteiger partial charge in [-0.1, -0.05) is 33.8 Å². The second kappa shape index (κ2) is 8.69. The molecule has 0 aliphatic carbocycles. The molecule has 1 atom stereocenters. The van der Waals surface area contributed by atoms with Crippen LogP contribution in [0.3, 0.4) is 0 Å². The van der Waals surface area contributed by atoms with Gasteiger partial charge in [0.15, 0.2) is 5.03 Å². The summed E-state index contributed by atoms with van der Waals surface area (Å²) < 4.78 is 33.5. The van der Waals surface area contributed by atoms with Gasteiger partial charge in [-0.15, -0.1) is 0 Å². The number of carbonyl (C=O) groups excluding carboxylic acids is 1. The molecule has 0 saturated carbocycles. The minimum Gasteiger partial charge on any atom is -0.477 e. The summed E-state index contributed by atoms with van der Waals surface area (Å²) in [4.78, 5) is 23.6. The molecule has 2 aromatic rings. The number of carbonyl (C=O) groups is 1. The Morgan fingerprint density at radius 3 is 2.59 bits per heavy atom. The molecule has 0 aromatic carbocycles. The third-order valence-corrected chi connectivity index (χ3v) is 6.45. The first kappa shape index (κ1) is 24.0. The molecule has 1 saturated heterocycles. The predicted molar refractivity (Wildman–Crippen MR) is 123 cm³/mol. The van der Waals surface area contributed by atoms with Gasteiger partial charge in [0.05, 0.1) is 12.2 Å². The SMILES string of the molecule is C[C@@H]1CN(c2ncccc2C(=O)NS(=O)(=O)c2cccc(OCC(C)(C)C)n2)C(C)(C)C1. The van der Waals surface area contributed by atoms with E-state index in [1.54, 1.807) is 24.4 Å². The summed E-state index contributed by atoms with van der Waals surface area (Å²) in [5.74, 6) is 0.354. The Balaban J connectivity index is 1.84. The van der Waals surface area contributed by atoms with E-state index in [9.17, 15) is 13.2 Å². The van der Waals surface area contributed by atoms with Crippen LogP contribution in [0, 0.1) is 11.3 Å². The Morgan fingerprint density at radius 2 is 1.97 bits per heavy atom. The Bertz CT molecular complexity index is 1090. The highest BCUT2D eigenvalue weighted by Gasteiger charge is 2.39. The lowest BCUT2D eigenvalue weighted by molar-refractivity contribution is 0.0981. The van der Waals surface area contributed by atoms with E-state index in [2.05, 4.69) is 40.4 Å². The summed E-state index contributed by atoms with van der Waals surface area (Å²) >= 11 is 0. The van der Waals surface area contributed by atoms with Crippen molar-refractivity contribution in [2.24, 2.45) is 11.3 Å². The van der Waals surface area contributed by atoms with Crippen LogP contribution >= 0.6 is 0 Å². The molecule has 1 aliphatic rings. The predicted octanol–water partition coefficient (Wildman–Crippen LogP) is 3.65. The third kappa shape index (κ3) is 5.56. The topological polar surface area (TPSA) is 101 Å². The van der Waals surface area contributed by atoms with Crippen LogP contribution in [0.5, 0.6) is 5.88 Å². The van der Waals surface area contributed by atoms with Crippen LogP contribution in [0.1, 0.15) is 58.3 Å². The van der Waals surface area contributed by atoms with E-state index in [4.69, 9.17) is 4.74 Å². The zero-order chi connectivity index (χ0) is 23.7. The van der Waals surface area contributed by atoms with Crippen molar-refractivity contribution in [3.8, 4) is 5.88 Å². The zero-order valence-electron chi connectivity index (χ0n) is 19.5. The first-order valence-electron chi connectivity index (χ1n) is 10.7. The lowest BCUT2D eigenvalue weighted by Crippen LogP contribution is -2.41. The Kier molecular flexibility index (Phi) is 6.51. The van der Waals surface area contributed by atoms with Crippen molar-refractivity contribution in [1.29, 1.82) is 0 Å². The van der Waals surface area contributed by atoms with Crippen LogP contribution in [0.2, 0.25) is 0 Å². The van der Waals surface area contributed by atoms with Gasteiger partial charge < -0.3 is 9.64 Å². The van der Waals surface area contributed by atoms with Gasteiger partial charge in [0, 0.05) is 24.3 Å². The van der Waals surface area contributed by atoms with Gasteiger partial charge in [0.2, 0.25) is 5.88 Å². The van der Waals surface area contributed by atoms with E-state index >= 15 is 0 Å². The van der Waals surface area contributed by atoms with Crippen LogP contribution in [0.25, 0.3) is 0 Å². The molecule has 174 valence electrons. The van der Waals surface area contributed by atoms with Crippen molar-refractivity contribution in [2.75, 3.05) is 18.1 Å². The van der Waals surface area contributed by atoms with E-state index < -0.39 is 15.9 Å². The van der Waals surface area contributed by atoms with Gasteiger partial charge in [-0.05, 0) is 49.8 Å². The highest BCUT2D eigenvalue weighted by Crippen LogP contribution is 2.37. The minimum atomic E-state index is -4.20. The van der Waals surface area contributed by atoms with Crippen LogP contribution in [0.4, 0.5) is 5.82 Å². The van der Waals surface area contributed by atoms with Gasteiger partial charge in [-0.25, -0.2) is 9.71 Å². The lowest BCUT2D eigenvalue weighted by atomic mass is 9.97. The van der Waals surface area contributed by atoms with Crippen LogP contribution in [-0.2, 0) is 10.0 Å². The van der Waals surface area contributed by atoms with Crippen LogP contribution < -0.4 is 14.4 Å². The smallest absolute Gasteiger partial charge is 0.281 e. The van der Waals surface area contributed by atoms with Crippen molar-refractivity contribution in [2.45, 2.75) is 58.5 Å². The fourth-order valence-corrected chi connectivity index (χ4v) is 4.82. The molecule has 3 rings (SSSR count). The average Bonchev–Trinajstić information content (AvgIpc) is 2.97. The number of amides is 1. The number of sulfonamides is 1. The molecular weight excluding hydrogens is 428 g/mol. The molecule has 0 unspecified atom stereocenters. The highest BCUT2D eigenvalue weighted by atomic mass is 32.2. The molecule has 9 heteroatoms. The summed E-state index contributed by atoms with van der Waals surface area (Å²) in [6.07, 6.45) is 2.56. The number of anilines is 1. The van der Waals surface area contributed by atoms with Crippen molar-refractivity contribution in [3.63, 3.8) is 0 Å². The number of ether oxygens (including phenoxy) is 1. The molecule has 0 radical (unpaired) electrons. The number of nitrogens with one attached hydrogen (secondary N) is 1. The zero-order valence-corrected chi connectivity index (χ0v) is 20.4. The summed E-state index contributed by atoms with van der Waals surface area (Å²) in [5.41, 5.74) is -0.0945. The van der Waals surface area contributed by atoms with Gasteiger partial charge in [-0.3, -0.25) is 4.79 Å². The van der Waals surface area contributed by atoms with Gasteiger partial charge in [-0.2, -0.15) is 13.4 Å². The molecular formula is C23H32N4O4S. The van der Waals surface area contributed by atoms with E-state index in [1.807, 2.05) is 20.8 Å². The van der Waals surface area contributed by atoms with Crippen molar-refractivity contribution in [1.82, 2.24) is 14.7 Å². The number of pyridine rings is 2. The van der Waals surface area contributed by atoms with Gasteiger partial charge in [0.25, 0.3) is 15.9 Å². The highest BCUT2D eigenvalue weighted by molar-refractivity contribution is 7.90. The summed E-state index contributed by atoms with van der Waals surface area (Å²) in [6.45, 7) is 13.5. The van der Waals surface area contributed by atoms with Crippen LogP contribution in [-0.4, -0.2) is 43.0 Å². The monoisotopic (exact) mass is 460 g/mol. The molecule has 0 spiro atoms. The van der Waals surface area contributed by atoms with Crippen molar-refractivity contribution >= 4 is 21.7 Å². The Labute approximate surface area is 190 Å². The molecule has 3 heterocycles. The quantitative estimate of drug-likeness (QED) is 0.702. The minimum absolute atomic E-state index is 0.109. The summed E-state index contributed by atoms with van der Waals surface area (Å²) in [6, 6.07) is 7.66. The fourth-order valence-electron chi connectivity index (χ4n) is 3.89. The maximum absolute atomic E-state index is 13.0. The van der Waals surface area contributed by atoms with E-state index in [0.29, 0.717) is 18.3 Å². The number of hydrogen-bond donors (Lipinski definition) is 1. The first-order chi connectivity index (χ1) is 14.8. The number of hydrogen-bond acceptors (Lipinski definition) is 7. The number of aromatic nitrogens is 2. The normalized spacial score (nSPS) is 18.4. The molecule has 0 bridgehead atoms. The Morgan fingerprint density at radius 1 is 1.25 bits per heavy atom. The van der Waals surface area contributed by atoms with E-state index in [0.717, 1.165) is 13.0 Å². The molecule has 2 aromatic heterocycles. The Hall–Kier alpha value is -2.68. The molecule has 1 fully saturated rings. The largest absolute Gasteiger partial charge is 0.477 e. The van der Waals surface area contributed by atoms with Crippen LogP contribution in [0.15, 0.2) is 41.6 Å². The molecule has 8 nitrogen and oxygen atoms in total. The number of nitrogens with zero attached hydrogens (tertiary/aromatic N) is 3.